The van der Waals surface area contributed by atoms with Crippen molar-refractivity contribution in [2.24, 2.45) is 5.73 Å². The van der Waals surface area contributed by atoms with E-state index in [4.69, 9.17) is 5.73 Å². The minimum absolute atomic E-state index is 0. The first-order valence-corrected chi connectivity index (χ1v) is 5.85. The van der Waals surface area contributed by atoms with Crippen LogP contribution in [0.25, 0.3) is 0 Å². The van der Waals surface area contributed by atoms with Crippen molar-refractivity contribution in [2.75, 3.05) is 0 Å². The van der Waals surface area contributed by atoms with E-state index in [1.807, 2.05) is 6.08 Å². The number of hydrogen-bond acceptors (Lipinski definition) is 1. The molecule has 1 aromatic rings. The average molecular weight is 254 g/mol. The highest BCUT2D eigenvalue weighted by Gasteiger charge is 2.16. The van der Waals surface area contributed by atoms with E-state index in [9.17, 15) is 0 Å². The second-order valence-electron chi connectivity index (χ2n) is 4.67. The first kappa shape index (κ1) is 16.2. The van der Waals surface area contributed by atoms with E-state index in [-0.39, 0.29) is 18.4 Å². The van der Waals surface area contributed by atoms with Crippen molar-refractivity contribution in [3.63, 3.8) is 0 Å². The molecule has 1 atom stereocenters. The van der Waals surface area contributed by atoms with E-state index >= 15 is 0 Å². The minimum Gasteiger partial charge on any atom is -0.324 e. The minimum atomic E-state index is 0. The Morgan fingerprint density at radius 1 is 0.941 bits per heavy atom. The normalized spacial score (nSPS) is 11.9. The Balaban J connectivity index is 0.00000256. The molecular formula is C15H24ClN. The quantitative estimate of drug-likeness (QED) is 0.802. The first-order chi connectivity index (χ1) is 7.41. The zero-order valence-corrected chi connectivity index (χ0v) is 12.4. The molecule has 0 amide bonds. The van der Waals surface area contributed by atoms with Crippen molar-refractivity contribution in [3.05, 3.63) is 46.0 Å². The van der Waals surface area contributed by atoms with Crippen LogP contribution >= 0.6 is 12.4 Å². The predicted molar refractivity (Wildman–Crippen MR) is 79.1 cm³/mol. The smallest absolute Gasteiger partial charge is 0.0335 e. The van der Waals surface area contributed by atoms with Crippen molar-refractivity contribution in [1.29, 1.82) is 0 Å². The van der Waals surface area contributed by atoms with E-state index in [2.05, 4.69) is 41.2 Å². The summed E-state index contributed by atoms with van der Waals surface area (Å²) in [6, 6.07) is 0.0792. The summed E-state index contributed by atoms with van der Waals surface area (Å²) in [5.41, 5.74) is 14.4. The third kappa shape index (κ3) is 2.91. The monoisotopic (exact) mass is 253 g/mol. The fourth-order valence-electron chi connectivity index (χ4n) is 2.38. The number of nitrogens with two attached hydrogens (primary N) is 1. The number of hydrogen-bond donors (Lipinski definition) is 1. The predicted octanol–water partition coefficient (Wildman–Crippen LogP) is 4.23. The van der Waals surface area contributed by atoms with Crippen LogP contribution in [0.15, 0.2) is 12.7 Å². The van der Waals surface area contributed by atoms with Gasteiger partial charge in [-0.15, -0.1) is 19.0 Å². The van der Waals surface area contributed by atoms with E-state index < -0.39 is 0 Å². The van der Waals surface area contributed by atoms with Gasteiger partial charge in [0.05, 0.1) is 0 Å². The lowest BCUT2D eigenvalue weighted by Gasteiger charge is -2.22. The van der Waals surface area contributed by atoms with Gasteiger partial charge in [0.25, 0.3) is 0 Å². The molecule has 0 aliphatic rings. The van der Waals surface area contributed by atoms with Crippen molar-refractivity contribution in [1.82, 2.24) is 0 Å². The Labute approximate surface area is 112 Å². The molecule has 96 valence electrons. The summed E-state index contributed by atoms with van der Waals surface area (Å²) in [7, 11) is 0. The molecule has 0 aliphatic heterocycles. The average Bonchev–Trinajstić information content (AvgIpc) is 2.24. The maximum atomic E-state index is 6.22. The van der Waals surface area contributed by atoms with Crippen molar-refractivity contribution < 1.29 is 0 Å². The number of halogens is 1. The van der Waals surface area contributed by atoms with Gasteiger partial charge < -0.3 is 5.73 Å². The Bertz CT molecular complexity index is 392. The molecule has 1 rings (SSSR count). The first-order valence-electron chi connectivity index (χ1n) is 5.85. The van der Waals surface area contributed by atoms with Crippen molar-refractivity contribution >= 4 is 12.4 Å². The van der Waals surface area contributed by atoms with Crippen molar-refractivity contribution in [2.45, 2.75) is 47.1 Å². The molecule has 0 heterocycles. The molecule has 17 heavy (non-hydrogen) atoms. The molecule has 0 unspecified atom stereocenters. The zero-order chi connectivity index (χ0) is 12.5. The lowest BCUT2D eigenvalue weighted by atomic mass is 9.86. The largest absolute Gasteiger partial charge is 0.324 e. The van der Waals surface area contributed by atoms with Gasteiger partial charge in [-0.1, -0.05) is 6.08 Å². The SMILES string of the molecule is C=CC[C@@H](N)c1c(C)c(C)c(C)c(C)c1C.Cl. The summed E-state index contributed by atoms with van der Waals surface area (Å²) in [6.07, 6.45) is 2.73. The molecule has 1 nitrogen and oxygen atoms in total. The molecule has 0 aromatic heterocycles. The van der Waals surface area contributed by atoms with Crippen LogP contribution in [0.1, 0.15) is 45.8 Å². The van der Waals surface area contributed by atoms with Gasteiger partial charge in [0.1, 0.15) is 0 Å². The van der Waals surface area contributed by atoms with E-state index in [0.29, 0.717) is 0 Å². The van der Waals surface area contributed by atoms with E-state index in [1.54, 1.807) is 0 Å². The van der Waals surface area contributed by atoms with Gasteiger partial charge in [-0.25, -0.2) is 0 Å². The van der Waals surface area contributed by atoms with E-state index in [1.165, 1.54) is 33.4 Å². The molecule has 0 spiro atoms. The maximum Gasteiger partial charge on any atom is 0.0335 e. The summed E-state index contributed by atoms with van der Waals surface area (Å²) in [4.78, 5) is 0. The van der Waals surface area contributed by atoms with Crippen LogP contribution < -0.4 is 5.73 Å². The second kappa shape index (κ2) is 6.23. The van der Waals surface area contributed by atoms with Gasteiger partial charge in [-0.3, -0.25) is 0 Å². The molecule has 1 aromatic carbocycles. The Morgan fingerprint density at radius 2 is 1.29 bits per heavy atom. The molecule has 0 fully saturated rings. The number of rotatable bonds is 3. The topological polar surface area (TPSA) is 26.0 Å². The van der Waals surface area contributed by atoms with Gasteiger partial charge in [0.15, 0.2) is 0 Å². The van der Waals surface area contributed by atoms with Crippen LogP contribution in [-0.4, -0.2) is 0 Å². The molecule has 2 N–H and O–H groups in total. The highest BCUT2D eigenvalue weighted by Crippen LogP contribution is 2.30. The Hall–Kier alpha value is -0.790. The summed E-state index contributed by atoms with van der Waals surface area (Å²) >= 11 is 0. The van der Waals surface area contributed by atoms with Crippen LogP contribution in [0, 0.1) is 34.6 Å². The highest BCUT2D eigenvalue weighted by molar-refractivity contribution is 5.85. The van der Waals surface area contributed by atoms with Crippen molar-refractivity contribution in [3.8, 4) is 0 Å². The Kier molecular flexibility index (Phi) is 5.94. The van der Waals surface area contributed by atoms with Crippen LogP contribution in [0.2, 0.25) is 0 Å². The van der Waals surface area contributed by atoms with Gasteiger partial charge in [-0.05, 0) is 74.4 Å². The van der Waals surface area contributed by atoms with Crippen LogP contribution in [-0.2, 0) is 0 Å². The zero-order valence-electron chi connectivity index (χ0n) is 11.6. The molecule has 0 aliphatic carbocycles. The summed E-state index contributed by atoms with van der Waals surface area (Å²) in [5, 5.41) is 0. The van der Waals surface area contributed by atoms with E-state index in [0.717, 1.165) is 6.42 Å². The summed E-state index contributed by atoms with van der Waals surface area (Å²) in [5.74, 6) is 0. The fraction of sp³-hybridized carbons (Fsp3) is 0.467. The molecule has 0 bridgehead atoms. The summed E-state index contributed by atoms with van der Waals surface area (Å²) < 4.78 is 0. The highest BCUT2D eigenvalue weighted by atomic mass is 35.5. The molecule has 0 saturated heterocycles. The number of benzene rings is 1. The third-order valence-electron chi connectivity index (χ3n) is 3.85. The van der Waals surface area contributed by atoms with Crippen LogP contribution in [0.4, 0.5) is 0 Å². The van der Waals surface area contributed by atoms with Crippen LogP contribution in [0.3, 0.4) is 0 Å². The van der Waals surface area contributed by atoms with Gasteiger partial charge in [-0.2, -0.15) is 0 Å². The molecule has 0 saturated carbocycles. The lowest BCUT2D eigenvalue weighted by molar-refractivity contribution is 0.726. The van der Waals surface area contributed by atoms with Crippen LogP contribution in [0.5, 0.6) is 0 Å². The van der Waals surface area contributed by atoms with Gasteiger partial charge >= 0.3 is 0 Å². The third-order valence-corrected chi connectivity index (χ3v) is 3.85. The molecular weight excluding hydrogens is 230 g/mol. The second-order valence-corrected chi connectivity index (χ2v) is 4.67. The summed E-state index contributed by atoms with van der Waals surface area (Å²) in [6.45, 7) is 14.7. The van der Waals surface area contributed by atoms with Gasteiger partial charge in [0.2, 0.25) is 0 Å². The molecule has 2 heteroatoms. The standard InChI is InChI=1S/C15H23N.ClH/c1-7-8-14(16)15-12(5)10(3)9(2)11(4)13(15)6;/h7,14H,1,8,16H2,2-6H3;1H/t14-;/m1./s1. The van der Waals surface area contributed by atoms with Gasteiger partial charge in [0, 0.05) is 6.04 Å². The molecule has 0 radical (unpaired) electrons. The maximum absolute atomic E-state index is 6.22. The fourth-order valence-corrected chi connectivity index (χ4v) is 2.38. The Morgan fingerprint density at radius 3 is 1.65 bits per heavy atom. The lowest BCUT2D eigenvalue weighted by Crippen LogP contribution is -2.15.